The lowest BCUT2D eigenvalue weighted by Crippen LogP contribution is -2.09. The molecule has 1 aromatic heterocycles. The molecule has 0 unspecified atom stereocenters. The van der Waals surface area contributed by atoms with Crippen LogP contribution in [0.25, 0.3) is 10.9 Å². The van der Waals surface area contributed by atoms with Gasteiger partial charge in [0.1, 0.15) is 5.82 Å². The molecular formula is C19H19N3. The van der Waals surface area contributed by atoms with Gasteiger partial charge >= 0.3 is 0 Å². The van der Waals surface area contributed by atoms with Crippen molar-refractivity contribution >= 4 is 22.4 Å². The highest BCUT2D eigenvalue weighted by Crippen LogP contribution is 2.34. The molecule has 0 fully saturated rings. The topological polar surface area (TPSA) is 50.9 Å². The SMILES string of the molecule is Cc1cc2cc(N)ccc2nc1N[C@@H]1CCc2ccccc21. The van der Waals surface area contributed by atoms with Gasteiger partial charge in [0.2, 0.25) is 0 Å². The number of pyridine rings is 1. The Morgan fingerprint density at radius 3 is 2.91 bits per heavy atom. The molecule has 1 atom stereocenters. The third-order valence-electron chi connectivity index (χ3n) is 4.47. The van der Waals surface area contributed by atoms with E-state index in [1.165, 1.54) is 11.1 Å². The van der Waals surface area contributed by atoms with Crippen LogP contribution in [-0.4, -0.2) is 4.98 Å². The van der Waals surface area contributed by atoms with Crippen molar-refractivity contribution in [1.29, 1.82) is 0 Å². The number of benzene rings is 2. The van der Waals surface area contributed by atoms with Crippen molar-refractivity contribution in [3.05, 3.63) is 65.2 Å². The van der Waals surface area contributed by atoms with Gasteiger partial charge in [0.25, 0.3) is 0 Å². The van der Waals surface area contributed by atoms with Crippen LogP contribution in [0.3, 0.4) is 0 Å². The maximum absolute atomic E-state index is 5.85. The summed E-state index contributed by atoms with van der Waals surface area (Å²) in [6.07, 6.45) is 2.26. The normalized spacial score (nSPS) is 16.7. The maximum atomic E-state index is 5.85. The van der Waals surface area contributed by atoms with Crippen molar-refractivity contribution in [2.24, 2.45) is 0 Å². The standard InChI is InChI=1S/C19H19N3/c1-12-10-14-11-15(20)7-9-17(14)21-19(12)22-18-8-6-13-4-2-3-5-16(13)18/h2-5,7,9-11,18H,6,8,20H2,1H3,(H,21,22)/t18-/m1/s1. The van der Waals surface area contributed by atoms with Gasteiger partial charge in [-0.1, -0.05) is 24.3 Å². The average molecular weight is 289 g/mol. The summed E-state index contributed by atoms with van der Waals surface area (Å²) < 4.78 is 0. The number of nitrogens with zero attached hydrogens (tertiary/aromatic N) is 1. The number of rotatable bonds is 2. The quantitative estimate of drug-likeness (QED) is 0.694. The predicted octanol–water partition coefficient (Wildman–Crippen LogP) is 4.22. The molecule has 0 spiro atoms. The Hall–Kier alpha value is -2.55. The largest absolute Gasteiger partial charge is 0.399 e. The second kappa shape index (κ2) is 5.02. The summed E-state index contributed by atoms with van der Waals surface area (Å²) in [6, 6.07) is 17.0. The molecule has 110 valence electrons. The van der Waals surface area contributed by atoms with Gasteiger partial charge in [-0.2, -0.15) is 0 Å². The second-order valence-electron chi connectivity index (χ2n) is 6.04. The van der Waals surface area contributed by atoms with Gasteiger partial charge in [0.05, 0.1) is 11.6 Å². The number of hydrogen-bond acceptors (Lipinski definition) is 3. The van der Waals surface area contributed by atoms with Gasteiger partial charge in [-0.3, -0.25) is 0 Å². The van der Waals surface area contributed by atoms with E-state index in [9.17, 15) is 0 Å². The Kier molecular flexibility index (Phi) is 3.00. The van der Waals surface area contributed by atoms with E-state index in [1.54, 1.807) is 0 Å². The van der Waals surface area contributed by atoms with E-state index in [4.69, 9.17) is 10.7 Å². The first-order chi connectivity index (χ1) is 10.7. The van der Waals surface area contributed by atoms with Gasteiger partial charge in [-0.05, 0) is 60.7 Å². The van der Waals surface area contributed by atoms with Crippen LogP contribution in [0, 0.1) is 6.92 Å². The van der Waals surface area contributed by atoms with Crippen molar-refractivity contribution in [2.75, 3.05) is 11.1 Å². The fraction of sp³-hybridized carbons (Fsp3) is 0.211. The molecule has 1 aliphatic carbocycles. The summed E-state index contributed by atoms with van der Waals surface area (Å²) in [5, 5.41) is 4.72. The highest BCUT2D eigenvalue weighted by molar-refractivity contribution is 5.84. The predicted molar refractivity (Wildman–Crippen MR) is 92.0 cm³/mol. The van der Waals surface area contributed by atoms with Crippen molar-refractivity contribution in [2.45, 2.75) is 25.8 Å². The van der Waals surface area contributed by atoms with E-state index in [0.717, 1.165) is 40.8 Å². The summed E-state index contributed by atoms with van der Waals surface area (Å²) >= 11 is 0. The first-order valence-corrected chi connectivity index (χ1v) is 7.72. The third kappa shape index (κ3) is 2.19. The fourth-order valence-electron chi connectivity index (χ4n) is 3.32. The molecule has 3 aromatic rings. The van der Waals surface area contributed by atoms with E-state index in [0.29, 0.717) is 6.04 Å². The van der Waals surface area contributed by atoms with Crippen LogP contribution in [0.2, 0.25) is 0 Å². The van der Waals surface area contributed by atoms with E-state index in [1.807, 2.05) is 18.2 Å². The average Bonchev–Trinajstić information content (AvgIpc) is 2.92. The zero-order valence-corrected chi connectivity index (χ0v) is 12.6. The minimum atomic E-state index is 0.355. The molecule has 0 bridgehead atoms. The molecule has 4 rings (SSSR count). The molecule has 1 aliphatic rings. The molecule has 0 amide bonds. The molecule has 0 saturated heterocycles. The first-order valence-electron chi connectivity index (χ1n) is 7.72. The van der Waals surface area contributed by atoms with Crippen molar-refractivity contribution in [3.8, 4) is 0 Å². The molecule has 3 heteroatoms. The van der Waals surface area contributed by atoms with E-state index in [-0.39, 0.29) is 0 Å². The molecule has 3 nitrogen and oxygen atoms in total. The van der Waals surface area contributed by atoms with Crippen molar-refractivity contribution < 1.29 is 0 Å². The van der Waals surface area contributed by atoms with Gasteiger partial charge in [0.15, 0.2) is 0 Å². The molecular weight excluding hydrogens is 270 g/mol. The maximum Gasteiger partial charge on any atom is 0.130 e. The highest BCUT2D eigenvalue weighted by atomic mass is 15.0. The Morgan fingerprint density at radius 2 is 2.00 bits per heavy atom. The zero-order chi connectivity index (χ0) is 15.1. The second-order valence-corrected chi connectivity index (χ2v) is 6.04. The van der Waals surface area contributed by atoms with Crippen LogP contribution < -0.4 is 11.1 Å². The van der Waals surface area contributed by atoms with Gasteiger partial charge in [-0.25, -0.2) is 4.98 Å². The van der Waals surface area contributed by atoms with Crippen molar-refractivity contribution in [1.82, 2.24) is 4.98 Å². The highest BCUT2D eigenvalue weighted by Gasteiger charge is 2.22. The van der Waals surface area contributed by atoms with Crippen molar-refractivity contribution in [3.63, 3.8) is 0 Å². The van der Waals surface area contributed by atoms with Crippen LogP contribution in [0.5, 0.6) is 0 Å². The van der Waals surface area contributed by atoms with Crippen LogP contribution >= 0.6 is 0 Å². The third-order valence-corrected chi connectivity index (χ3v) is 4.47. The number of nitrogen functional groups attached to an aromatic ring is 1. The molecule has 1 heterocycles. The number of aromatic nitrogens is 1. The van der Waals surface area contributed by atoms with Gasteiger partial charge in [0, 0.05) is 11.1 Å². The minimum absolute atomic E-state index is 0.355. The zero-order valence-electron chi connectivity index (χ0n) is 12.6. The van der Waals surface area contributed by atoms with E-state index < -0.39 is 0 Å². The van der Waals surface area contributed by atoms with Crippen LogP contribution in [0.4, 0.5) is 11.5 Å². The monoisotopic (exact) mass is 289 g/mol. The number of hydrogen-bond donors (Lipinski definition) is 2. The van der Waals surface area contributed by atoms with Crippen LogP contribution in [-0.2, 0) is 6.42 Å². The number of nitrogens with two attached hydrogens (primary N) is 1. The Morgan fingerprint density at radius 1 is 1.14 bits per heavy atom. The van der Waals surface area contributed by atoms with Gasteiger partial charge < -0.3 is 11.1 Å². The Labute approximate surface area is 130 Å². The lowest BCUT2D eigenvalue weighted by molar-refractivity contribution is 0.757. The number of aryl methyl sites for hydroxylation is 2. The van der Waals surface area contributed by atoms with Crippen LogP contribution in [0.15, 0.2) is 48.5 Å². The number of nitrogens with one attached hydrogen (secondary N) is 1. The smallest absolute Gasteiger partial charge is 0.130 e. The molecule has 2 aromatic carbocycles. The number of fused-ring (bicyclic) bond motifs is 2. The summed E-state index contributed by atoms with van der Waals surface area (Å²) in [5.41, 5.74) is 11.6. The first kappa shape index (κ1) is 13.1. The summed E-state index contributed by atoms with van der Waals surface area (Å²) in [5.74, 6) is 0.971. The lowest BCUT2D eigenvalue weighted by atomic mass is 10.1. The minimum Gasteiger partial charge on any atom is -0.399 e. The Balaban J connectivity index is 1.70. The van der Waals surface area contributed by atoms with E-state index >= 15 is 0 Å². The fourth-order valence-corrected chi connectivity index (χ4v) is 3.32. The summed E-state index contributed by atoms with van der Waals surface area (Å²) in [6.45, 7) is 2.10. The van der Waals surface area contributed by atoms with E-state index in [2.05, 4.69) is 42.6 Å². The molecule has 0 aliphatic heterocycles. The van der Waals surface area contributed by atoms with Crippen LogP contribution in [0.1, 0.15) is 29.2 Å². The molecule has 0 radical (unpaired) electrons. The molecule has 3 N–H and O–H groups in total. The summed E-state index contributed by atoms with van der Waals surface area (Å²) in [4.78, 5) is 4.79. The molecule has 0 saturated carbocycles. The lowest BCUT2D eigenvalue weighted by Gasteiger charge is -2.17. The number of anilines is 2. The molecule has 22 heavy (non-hydrogen) atoms. The summed E-state index contributed by atoms with van der Waals surface area (Å²) in [7, 11) is 0. The van der Waals surface area contributed by atoms with Gasteiger partial charge in [-0.15, -0.1) is 0 Å². The Bertz CT molecular complexity index is 854.